The van der Waals surface area contributed by atoms with Gasteiger partial charge in [0.2, 0.25) is 0 Å². The number of hydrogen-bond acceptors (Lipinski definition) is 1. The molecule has 0 saturated heterocycles. The normalized spacial score (nSPS) is 20.0. The highest BCUT2D eigenvalue weighted by molar-refractivity contribution is 7.57. The van der Waals surface area contributed by atoms with Gasteiger partial charge in [0.1, 0.15) is 0 Å². The molecule has 1 nitrogen and oxygen atoms in total. The van der Waals surface area contributed by atoms with Crippen LogP contribution in [-0.2, 0) is 0 Å². The van der Waals surface area contributed by atoms with E-state index in [9.17, 15) is 0 Å². The van der Waals surface area contributed by atoms with Crippen molar-refractivity contribution in [3.8, 4) is 0 Å². The first-order chi connectivity index (χ1) is 6.04. The van der Waals surface area contributed by atoms with Crippen molar-refractivity contribution in [3.05, 3.63) is 11.8 Å². The Morgan fingerprint density at radius 1 is 1.46 bits per heavy atom. The maximum Gasteiger partial charge on any atom is 0.0430 e. The maximum atomic E-state index is 4.76. The van der Waals surface area contributed by atoms with Crippen molar-refractivity contribution in [2.24, 2.45) is 10.4 Å². The quantitative estimate of drug-likeness (QED) is 0.471. The van der Waals surface area contributed by atoms with Crippen LogP contribution in [0.1, 0.15) is 40.0 Å². The predicted octanol–water partition coefficient (Wildman–Crippen LogP) is 3.81. The zero-order chi connectivity index (χ0) is 9.90. The van der Waals surface area contributed by atoms with E-state index in [1.54, 1.807) is 0 Å². The molecule has 1 unspecified atom stereocenters. The van der Waals surface area contributed by atoms with E-state index in [1.807, 2.05) is 0 Å². The minimum atomic E-state index is 0.247. The van der Waals surface area contributed by atoms with Crippen molar-refractivity contribution in [1.29, 1.82) is 0 Å². The third-order valence-electron chi connectivity index (χ3n) is 2.22. The van der Waals surface area contributed by atoms with E-state index in [-0.39, 0.29) is 5.41 Å². The second-order valence-corrected chi connectivity index (χ2v) is 5.52. The number of aliphatic imine (C=N–C) groups is 1. The topological polar surface area (TPSA) is 12.4 Å². The SMILES string of the molecule is CPC(=NC1=CCCC1)C(C)(C)C. The third kappa shape index (κ3) is 3.23. The predicted molar refractivity (Wildman–Crippen MR) is 63.1 cm³/mol. The molecule has 74 valence electrons. The van der Waals surface area contributed by atoms with E-state index in [1.165, 1.54) is 30.4 Å². The zero-order valence-electron chi connectivity index (χ0n) is 9.15. The smallest absolute Gasteiger partial charge is 0.0430 e. The first-order valence-electron chi connectivity index (χ1n) is 5.00. The fourth-order valence-electron chi connectivity index (χ4n) is 1.50. The lowest BCUT2D eigenvalue weighted by Gasteiger charge is -2.20. The molecule has 0 aromatic carbocycles. The van der Waals surface area contributed by atoms with Crippen molar-refractivity contribution >= 4 is 14.0 Å². The molecule has 1 aliphatic rings. The summed E-state index contributed by atoms with van der Waals surface area (Å²) >= 11 is 0. The van der Waals surface area contributed by atoms with Crippen LogP contribution >= 0.6 is 8.58 Å². The van der Waals surface area contributed by atoms with Crippen molar-refractivity contribution in [2.45, 2.75) is 40.0 Å². The van der Waals surface area contributed by atoms with Crippen LogP contribution in [0.2, 0.25) is 0 Å². The largest absolute Gasteiger partial charge is 0.258 e. The van der Waals surface area contributed by atoms with Crippen LogP contribution < -0.4 is 0 Å². The number of hydrogen-bond donors (Lipinski definition) is 0. The average Bonchev–Trinajstić information content (AvgIpc) is 2.49. The van der Waals surface area contributed by atoms with Gasteiger partial charge in [0.25, 0.3) is 0 Å². The summed E-state index contributed by atoms with van der Waals surface area (Å²) in [5.41, 5.74) is 2.93. The summed E-state index contributed by atoms with van der Waals surface area (Å²) in [6.07, 6.45) is 5.99. The third-order valence-corrected chi connectivity index (χ3v) is 3.56. The standard InChI is InChI=1S/C11H20NP/c1-11(2,3)10(13-4)12-9-7-5-6-8-9/h7,13H,5-6,8H2,1-4H3. The fraction of sp³-hybridized carbons (Fsp3) is 0.727. The Kier molecular flexibility index (Phi) is 3.67. The zero-order valence-corrected chi connectivity index (χ0v) is 10.1. The molecule has 0 saturated carbocycles. The molecule has 0 bridgehead atoms. The highest BCUT2D eigenvalue weighted by Gasteiger charge is 2.18. The summed E-state index contributed by atoms with van der Waals surface area (Å²) < 4.78 is 0. The molecule has 1 rings (SSSR count). The maximum absolute atomic E-state index is 4.76. The lowest BCUT2D eigenvalue weighted by atomic mass is 9.98. The van der Waals surface area contributed by atoms with Gasteiger partial charge in [0, 0.05) is 16.6 Å². The van der Waals surface area contributed by atoms with E-state index in [2.05, 4.69) is 33.5 Å². The fourth-order valence-corrected chi connectivity index (χ4v) is 2.50. The van der Waals surface area contributed by atoms with Crippen molar-refractivity contribution in [1.82, 2.24) is 0 Å². The lowest BCUT2D eigenvalue weighted by molar-refractivity contribution is 0.600. The molecule has 2 heteroatoms. The average molecular weight is 197 g/mol. The Bertz CT molecular complexity index is 233. The summed E-state index contributed by atoms with van der Waals surface area (Å²) in [6.45, 7) is 8.97. The van der Waals surface area contributed by atoms with Gasteiger partial charge in [-0.1, -0.05) is 35.4 Å². The van der Waals surface area contributed by atoms with Crippen molar-refractivity contribution in [3.63, 3.8) is 0 Å². The van der Waals surface area contributed by atoms with Gasteiger partial charge in [-0.3, -0.25) is 4.99 Å². The highest BCUT2D eigenvalue weighted by atomic mass is 31.1. The molecule has 0 N–H and O–H groups in total. The Balaban J connectivity index is 2.76. The Morgan fingerprint density at radius 2 is 2.15 bits per heavy atom. The first kappa shape index (κ1) is 10.9. The summed E-state index contributed by atoms with van der Waals surface area (Å²) in [5.74, 6) is 0. The molecular formula is C11H20NP. The Labute approximate surface area is 83.5 Å². The summed E-state index contributed by atoms with van der Waals surface area (Å²) in [5, 5.41) is 0. The minimum Gasteiger partial charge on any atom is -0.258 e. The molecule has 0 aromatic rings. The van der Waals surface area contributed by atoms with Crippen LogP contribution in [0.3, 0.4) is 0 Å². The van der Waals surface area contributed by atoms with Crippen LogP contribution in [0.4, 0.5) is 0 Å². The number of rotatable bonds is 2. The van der Waals surface area contributed by atoms with Crippen LogP contribution in [0.25, 0.3) is 0 Å². The van der Waals surface area contributed by atoms with Gasteiger partial charge in [0.05, 0.1) is 0 Å². The molecule has 0 heterocycles. The van der Waals surface area contributed by atoms with Gasteiger partial charge in [-0.15, -0.1) is 0 Å². The number of allylic oxidation sites excluding steroid dienone is 2. The van der Waals surface area contributed by atoms with Crippen LogP contribution in [0.15, 0.2) is 16.8 Å². The van der Waals surface area contributed by atoms with Gasteiger partial charge < -0.3 is 0 Å². The van der Waals surface area contributed by atoms with Gasteiger partial charge in [-0.05, 0) is 25.9 Å². The molecule has 1 atom stereocenters. The van der Waals surface area contributed by atoms with Crippen LogP contribution in [0, 0.1) is 5.41 Å². The Morgan fingerprint density at radius 3 is 2.54 bits per heavy atom. The van der Waals surface area contributed by atoms with Crippen molar-refractivity contribution < 1.29 is 0 Å². The minimum absolute atomic E-state index is 0.247. The van der Waals surface area contributed by atoms with E-state index in [0.29, 0.717) is 0 Å². The number of nitrogens with zero attached hydrogens (tertiary/aromatic N) is 1. The summed E-state index contributed by atoms with van der Waals surface area (Å²) in [6, 6.07) is 0. The molecule has 0 amide bonds. The van der Waals surface area contributed by atoms with E-state index in [0.717, 1.165) is 8.58 Å². The van der Waals surface area contributed by atoms with E-state index in [4.69, 9.17) is 4.99 Å². The highest BCUT2D eigenvalue weighted by Crippen LogP contribution is 2.30. The molecule has 0 aromatic heterocycles. The molecule has 0 radical (unpaired) electrons. The molecule has 13 heavy (non-hydrogen) atoms. The van der Waals surface area contributed by atoms with E-state index < -0.39 is 0 Å². The summed E-state index contributed by atoms with van der Waals surface area (Å²) in [7, 11) is 0.836. The lowest BCUT2D eigenvalue weighted by Crippen LogP contribution is -2.15. The summed E-state index contributed by atoms with van der Waals surface area (Å²) in [4.78, 5) is 4.76. The second kappa shape index (κ2) is 4.37. The first-order valence-corrected chi connectivity index (χ1v) is 6.50. The van der Waals surface area contributed by atoms with Gasteiger partial charge in [0.15, 0.2) is 0 Å². The Hall–Kier alpha value is -0.160. The van der Waals surface area contributed by atoms with Gasteiger partial charge in [-0.25, -0.2) is 0 Å². The van der Waals surface area contributed by atoms with Crippen molar-refractivity contribution in [2.75, 3.05) is 6.66 Å². The van der Waals surface area contributed by atoms with Gasteiger partial charge in [-0.2, -0.15) is 0 Å². The molecule has 1 aliphatic carbocycles. The van der Waals surface area contributed by atoms with Crippen LogP contribution in [-0.4, -0.2) is 12.1 Å². The molecule has 0 spiro atoms. The van der Waals surface area contributed by atoms with E-state index >= 15 is 0 Å². The second-order valence-electron chi connectivity index (χ2n) is 4.55. The molecule has 0 aliphatic heterocycles. The van der Waals surface area contributed by atoms with Crippen LogP contribution in [0.5, 0.6) is 0 Å². The molecular weight excluding hydrogens is 177 g/mol. The monoisotopic (exact) mass is 197 g/mol. The molecule has 0 fully saturated rings. The van der Waals surface area contributed by atoms with Gasteiger partial charge >= 0.3 is 0 Å².